The number of nitrogens with one attached hydrogen (secondary N) is 1. The van der Waals surface area contributed by atoms with Crippen LogP contribution in [-0.2, 0) is 11.3 Å². The van der Waals surface area contributed by atoms with Crippen LogP contribution < -0.4 is 10.2 Å². The Balaban J connectivity index is 1.85. The van der Waals surface area contributed by atoms with Crippen LogP contribution in [0.5, 0.6) is 5.75 Å². The number of carbonyl (C=O) groups is 3. The average Bonchev–Trinajstić information content (AvgIpc) is 2.85. The van der Waals surface area contributed by atoms with Crippen LogP contribution in [-0.4, -0.2) is 35.4 Å². The Bertz CT molecular complexity index is 1220. The van der Waals surface area contributed by atoms with Crippen LogP contribution in [0.2, 0.25) is 0 Å². The summed E-state index contributed by atoms with van der Waals surface area (Å²) in [5.74, 6) is -1.35. The number of halogens is 1. The third-order valence-corrected chi connectivity index (χ3v) is 5.58. The third-order valence-electron chi connectivity index (χ3n) is 5.09. The highest BCUT2D eigenvalue weighted by Gasteiger charge is 2.32. The largest absolute Gasteiger partial charge is 0.496 e. The molecule has 0 aliphatic heterocycles. The van der Waals surface area contributed by atoms with Crippen molar-refractivity contribution >= 4 is 33.7 Å². The summed E-state index contributed by atoms with van der Waals surface area (Å²) < 4.78 is 11.5. The minimum Gasteiger partial charge on any atom is -0.496 e. The molecule has 0 spiro atoms. The predicted octanol–water partition coefficient (Wildman–Crippen LogP) is 5.40. The SMILES string of the molecule is COc1cc(Br)ccc1C(=O)N(NC(=O)c1ccccc1C(=O)OCc1ccccc1)C(C)(C)C. The second kappa shape index (κ2) is 11.2. The molecule has 8 heteroatoms. The molecule has 0 saturated carbocycles. The number of hydrogen-bond acceptors (Lipinski definition) is 5. The fraction of sp³-hybridized carbons (Fsp3) is 0.222. The molecule has 0 aromatic heterocycles. The molecule has 0 aliphatic rings. The van der Waals surface area contributed by atoms with Crippen LogP contribution >= 0.6 is 15.9 Å². The van der Waals surface area contributed by atoms with Gasteiger partial charge in [0.25, 0.3) is 11.8 Å². The molecule has 0 radical (unpaired) electrons. The standard InChI is InChI=1S/C27H27BrN2O5/c1-27(2,3)30(25(32)22-15-14-19(28)16-23(22)34-4)29-24(31)20-12-8-9-13-21(20)26(33)35-17-18-10-6-5-7-11-18/h5-16H,17H2,1-4H3,(H,29,31). The lowest BCUT2D eigenvalue weighted by molar-refractivity contribution is 0.0353. The van der Waals surface area contributed by atoms with Gasteiger partial charge in [-0.2, -0.15) is 0 Å². The van der Waals surface area contributed by atoms with Crippen molar-refractivity contribution in [3.63, 3.8) is 0 Å². The van der Waals surface area contributed by atoms with E-state index in [0.717, 1.165) is 10.0 Å². The summed E-state index contributed by atoms with van der Waals surface area (Å²) in [6, 6.07) is 20.6. The maximum atomic E-state index is 13.5. The maximum Gasteiger partial charge on any atom is 0.339 e. The highest BCUT2D eigenvalue weighted by Crippen LogP contribution is 2.27. The van der Waals surface area contributed by atoms with Gasteiger partial charge in [-0.1, -0.05) is 58.4 Å². The monoisotopic (exact) mass is 538 g/mol. The van der Waals surface area contributed by atoms with Crippen molar-refractivity contribution in [3.8, 4) is 5.75 Å². The van der Waals surface area contributed by atoms with Crippen molar-refractivity contribution < 1.29 is 23.9 Å². The summed E-state index contributed by atoms with van der Waals surface area (Å²) in [6.45, 7) is 5.44. The number of nitrogens with zero attached hydrogens (tertiary/aromatic N) is 1. The summed E-state index contributed by atoms with van der Waals surface area (Å²) in [5.41, 5.74) is 3.19. The van der Waals surface area contributed by atoms with Crippen LogP contribution in [0, 0.1) is 0 Å². The molecule has 3 aromatic carbocycles. The lowest BCUT2D eigenvalue weighted by Crippen LogP contribution is -2.56. The van der Waals surface area contributed by atoms with Crippen molar-refractivity contribution in [2.24, 2.45) is 0 Å². The van der Waals surface area contributed by atoms with E-state index in [1.807, 2.05) is 30.3 Å². The Kier molecular flexibility index (Phi) is 8.30. The molecule has 0 heterocycles. The molecule has 0 unspecified atom stereocenters. The molecular weight excluding hydrogens is 512 g/mol. The zero-order valence-corrected chi connectivity index (χ0v) is 21.6. The molecule has 35 heavy (non-hydrogen) atoms. The Morgan fingerprint density at radius 1 is 0.886 bits per heavy atom. The highest BCUT2D eigenvalue weighted by molar-refractivity contribution is 9.10. The number of methoxy groups -OCH3 is 1. The number of hydrazine groups is 1. The van der Waals surface area contributed by atoms with Crippen molar-refractivity contribution in [2.45, 2.75) is 32.9 Å². The van der Waals surface area contributed by atoms with Crippen molar-refractivity contribution in [1.82, 2.24) is 10.4 Å². The predicted molar refractivity (Wildman–Crippen MR) is 136 cm³/mol. The van der Waals surface area contributed by atoms with E-state index in [1.54, 1.807) is 51.1 Å². The fourth-order valence-electron chi connectivity index (χ4n) is 3.31. The zero-order valence-electron chi connectivity index (χ0n) is 20.0. The average molecular weight is 539 g/mol. The molecule has 0 bridgehead atoms. The van der Waals surface area contributed by atoms with Gasteiger partial charge in [0, 0.05) is 4.47 Å². The molecular formula is C27H27BrN2O5. The second-order valence-electron chi connectivity index (χ2n) is 8.70. The summed E-state index contributed by atoms with van der Waals surface area (Å²) in [4.78, 5) is 39.5. The van der Waals surface area contributed by atoms with Crippen LogP contribution in [0.25, 0.3) is 0 Å². The number of ether oxygens (including phenoxy) is 2. The summed E-state index contributed by atoms with van der Waals surface area (Å²) in [7, 11) is 1.47. The minimum absolute atomic E-state index is 0.0750. The van der Waals surface area contributed by atoms with Gasteiger partial charge in [0.15, 0.2) is 0 Å². The van der Waals surface area contributed by atoms with Gasteiger partial charge in [-0.3, -0.25) is 15.0 Å². The van der Waals surface area contributed by atoms with E-state index in [1.165, 1.54) is 24.3 Å². The highest BCUT2D eigenvalue weighted by atomic mass is 79.9. The molecule has 0 atom stereocenters. The third kappa shape index (κ3) is 6.48. The molecule has 2 amide bonds. The molecule has 0 fully saturated rings. The van der Waals surface area contributed by atoms with Crippen LogP contribution in [0.3, 0.4) is 0 Å². The molecule has 7 nitrogen and oxygen atoms in total. The van der Waals surface area contributed by atoms with Crippen LogP contribution in [0.15, 0.2) is 77.3 Å². The van der Waals surface area contributed by atoms with Gasteiger partial charge < -0.3 is 9.47 Å². The van der Waals surface area contributed by atoms with Gasteiger partial charge in [0.1, 0.15) is 12.4 Å². The minimum atomic E-state index is -0.784. The number of carbonyl (C=O) groups excluding carboxylic acids is 3. The summed E-state index contributed by atoms with van der Waals surface area (Å²) >= 11 is 3.36. The van der Waals surface area contributed by atoms with Crippen LogP contribution in [0.4, 0.5) is 0 Å². The number of esters is 1. The first-order valence-electron chi connectivity index (χ1n) is 10.9. The van der Waals surface area contributed by atoms with E-state index < -0.39 is 23.3 Å². The van der Waals surface area contributed by atoms with Crippen molar-refractivity contribution in [3.05, 3.63) is 99.5 Å². The van der Waals surface area contributed by atoms with Gasteiger partial charge in [-0.05, 0) is 56.7 Å². The van der Waals surface area contributed by atoms with Gasteiger partial charge in [0.2, 0.25) is 0 Å². The molecule has 0 saturated heterocycles. The lowest BCUT2D eigenvalue weighted by Gasteiger charge is -2.35. The summed E-state index contributed by atoms with van der Waals surface area (Å²) in [6.07, 6.45) is 0. The maximum absolute atomic E-state index is 13.5. The topological polar surface area (TPSA) is 84.9 Å². The first kappa shape index (κ1) is 26.0. The van der Waals surface area contributed by atoms with Crippen LogP contribution in [0.1, 0.15) is 57.4 Å². The van der Waals surface area contributed by atoms with Crippen molar-refractivity contribution in [2.75, 3.05) is 7.11 Å². The van der Waals surface area contributed by atoms with E-state index >= 15 is 0 Å². The summed E-state index contributed by atoms with van der Waals surface area (Å²) in [5, 5.41) is 1.23. The van der Waals surface area contributed by atoms with Crippen molar-refractivity contribution in [1.29, 1.82) is 0 Å². The van der Waals surface area contributed by atoms with Gasteiger partial charge in [-0.15, -0.1) is 0 Å². The Morgan fingerprint density at radius 2 is 1.51 bits per heavy atom. The Labute approximate surface area is 213 Å². The molecule has 3 aromatic rings. The van der Waals surface area contributed by atoms with Gasteiger partial charge in [0.05, 0.1) is 29.3 Å². The first-order valence-corrected chi connectivity index (χ1v) is 11.7. The Morgan fingerprint density at radius 3 is 2.14 bits per heavy atom. The quantitative estimate of drug-likeness (QED) is 0.335. The lowest BCUT2D eigenvalue weighted by atomic mass is 10.0. The normalized spacial score (nSPS) is 10.9. The number of amides is 2. The molecule has 3 rings (SSSR count). The molecule has 1 N–H and O–H groups in total. The first-order chi connectivity index (χ1) is 16.6. The number of rotatable bonds is 6. The van der Waals surface area contributed by atoms with E-state index in [2.05, 4.69) is 21.4 Å². The molecule has 182 valence electrons. The number of benzene rings is 3. The molecule has 0 aliphatic carbocycles. The Hall–Kier alpha value is -3.65. The second-order valence-corrected chi connectivity index (χ2v) is 9.62. The zero-order chi connectivity index (χ0) is 25.6. The van der Waals surface area contributed by atoms with E-state index in [4.69, 9.17) is 9.47 Å². The van der Waals surface area contributed by atoms with Gasteiger partial charge >= 0.3 is 5.97 Å². The van der Waals surface area contributed by atoms with E-state index in [-0.39, 0.29) is 23.3 Å². The van der Waals surface area contributed by atoms with Gasteiger partial charge in [-0.25, -0.2) is 9.80 Å². The smallest absolute Gasteiger partial charge is 0.339 e. The van der Waals surface area contributed by atoms with E-state index in [9.17, 15) is 14.4 Å². The fourth-order valence-corrected chi connectivity index (χ4v) is 3.65. The number of hydrogen-bond donors (Lipinski definition) is 1. The van der Waals surface area contributed by atoms with E-state index in [0.29, 0.717) is 5.75 Å².